The maximum absolute atomic E-state index is 9.79. The monoisotopic (exact) mass is 145 g/mol. The van der Waals surface area contributed by atoms with Gasteiger partial charge in [-0.25, -0.2) is 0 Å². The topological polar surface area (TPSA) is 67.2 Å². The van der Waals surface area contributed by atoms with Gasteiger partial charge in [0.1, 0.15) is 6.29 Å². The Balaban J connectivity index is 2.70. The normalized spacial score (nSPS) is 9.70. The molecule has 4 nitrogen and oxygen atoms in total. The molecule has 0 aromatic heterocycles. The minimum Gasteiger partial charge on any atom is -0.329 e. The second kappa shape index (κ2) is 8.55. The molecule has 60 valence electrons. The van der Waals surface area contributed by atoms with Gasteiger partial charge in [-0.05, 0) is 0 Å². The number of hydrogen-bond acceptors (Lipinski definition) is 4. The average molecular weight is 145 g/mol. The van der Waals surface area contributed by atoms with Gasteiger partial charge in [0.2, 0.25) is 0 Å². The van der Waals surface area contributed by atoms with Crippen LogP contribution in [0.2, 0.25) is 0 Å². The minimum absolute atomic E-state index is 0.435. The first-order chi connectivity index (χ1) is 4.91. The van der Waals surface area contributed by atoms with Crippen LogP contribution in [0.3, 0.4) is 0 Å². The molecule has 0 aliphatic heterocycles. The van der Waals surface area contributed by atoms with Crippen molar-refractivity contribution in [3.05, 3.63) is 0 Å². The maximum Gasteiger partial charge on any atom is 0.133 e. The quantitative estimate of drug-likeness (QED) is 0.296. The zero-order chi connectivity index (χ0) is 7.66. The fourth-order valence-corrected chi connectivity index (χ4v) is 0.565. The highest BCUT2D eigenvalue weighted by Crippen LogP contribution is 1.56. The van der Waals surface area contributed by atoms with E-state index in [1.165, 1.54) is 0 Å². The Hall–Kier alpha value is -0.450. The Labute approximate surface area is 61.2 Å². The van der Waals surface area contributed by atoms with E-state index in [1.54, 1.807) is 0 Å². The molecule has 0 saturated heterocycles. The average Bonchev–Trinajstić information content (AvgIpc) is 1.97. The summed E-state index contributed by atoms with van der Waals surface area (Å²) in [6.45, 7) is 3.62. The van der Waals surface area contributed by atoms with Gasteiger partial charge in [-0.15, -0.1) is 0 Å². The third-order valence-electron chi connectivity index (χ3n) is 1.03. The molecule has 0 radical (unpaired) electrons. The van der Waals surface area contributed by atoms with Crippen molar-refractivity contribution in [1.29, 1.82) is 0 Å². The lowest BCUT2D eigenvalue weighted by Gasteiger charge is -2.01. The predicted octanol–water partition coefficient (Wildman–Crippen LogP) is -1.68. The van der Waals surface area contributed by atoms with Crippen molar-refractivity contribution in [3.63, 3.8) is 0 Å². The van der Waals surface area contributed by atoms with Gasteiger partial charge in [0, 0.05) is 26.2 Å². The van der Waals surface area contributed by atoms with Gasteiger partial charge < -0.3 is 21.2 Å². The van der Waals surface area contributed by atoms with Crippen LogP contribution in [-0.4, -0.2) is 39.0 Å². The first-order valence-electron chi connectivity index (χ1n) is 3.47. The Morgan fingerprint density at radius 2 is 1.90 bits per heavy atom. The SMILES string of the molecule is NCCNCCNCC=O. The molecule has 0 aromatic carbocycles. The fourth-order valence-electron chi connectivity index (χ4n) is 0.565. The van der Waals surface area contributed by atoms with Crippen LogP contribution in [0, 0.1) is 0 Å². The molecular weight excluding hydrogens is 130 g/mol. The van der Waals surface area contributed by atoms with E-state index >= 15 is 0 Å². The second-order valence-electron chi connectivity index (χ2n) is 1.91. The molecule has 10 heavy (non-hydrogen) atoms. The number of aldehydes is 1. The van der Waals surface area contributed by atoms with Gasteiger partial charge in [0.05, 0.1) is 6.54 Å². The van der Waals surface area contributed by atoms with Crippen molar-refractivity contribution in [2.75, 3.05) is 32.7 Å². The van der Waals surface area contributed by atoms with E-state index < -0.39 is 0 Å². The van der Waals surface area contributed by atoms with Crippen LogP contribution in [0.4, 0.5) is 0 Å². The Morgan fingerprint density at radius 1 is 1.20 bits per heavy atom. The Kier molecular flexibility index (Phi) is 8.17. The predicted molar refractivity (Wildman–Crippen MR) is 40.9 cm³/mol. The Bertz CT molecular complexity index is 77.4. The molecule has 0 aromatic rings. The van der Waals surface area contributed by atoms with Crippen molar-refractivity contribution in [3.8, 4) is 0 Å². The van der Waals surface area contributed by atoms with Crippen molar-refractivity contribution in [1.82, 2.24) is 10.6 Å². The zero-order valence-corrected chi connectivity index (χ0v) is 6.10. The highest BCUT2D eigenvalue weighted by Gasteiger charge is 1.83. The molecule has 0 bridgehead atoms. The third-order valence-corrected chi connectivity index (χ3v) is 1.03. The highest BCUT2D eigenvalue weighted by molar-refractivity contribution is 5.51. The van der Waals surface area contributed by atoms with Crippen LogP contribution < -0.4 is 16.4 Å². The van der Waals surface area contributed by atoms with E-state index in [9.17, 15) is 4.79 Å². The molecule has 0 atom stereocenters. The van der Waals surface area contributed by atoms with Gasteiger partial charge in [-0.2, -0.15) is 0 Å². The molecule has 4 heteroatoms. The van der Waals surface area contributed by atoms with Crippen LogP contribution in [0.15, 0.2) is 0 Å². The summed E-state index contributed by atoms with van der Waals surface area (Å²) in [4.78, 5) is 9.79. The van der Waals surface area contributed by atoms with Crippen molar-refractivity contribution >= 4 is 6.29 Å². The lowest BCUT2D eigenvalue weighted by atomic mass is 10.5. The molecule has 0 rings (SSSR count). The summed E-state index contributed by atoms with van der Waals surface area (Å²) in [5, 5.41) is 6.01. The maximum atomic E-state index is 9.79. The molecule has 0 aliphatic carbocycles. The van der Waals surface area contributed by atoms with Gasteiger partial charge in [-0.1, -0.05) is 0 Å². The second-order valence-corrected chi connectivity index (χ2v) is 1.91. The molecule has 4 N–H and O–H groups in total. The Morgan fingerprint density at radius 3 is 2.50 bits per heavy atom. The molecule has 0 aliphatic rings. The zero-order valence-electron chi connectivity index (χ0n) is 6.10. The summed E-state index contributed by atoms with van der Waals surface area (Å²) in [6.07, 6.45) is 0.850. The minimum atomic E-state index is 0.435. The van der Waals surface area contributed by atoms with Crippen LogP contribution in [-0.2, 0) is 4.79 Å². The van der Waals surface area contributed by atoms with E-state index in [1.807, 2.05) is 0 Å². The first-order valence-corrected chi connectivity index (χ1v) is 3.47. The molecule has 0 unspecified atom stereocenters. The smallest absolute Gasteiger partial charge is 0.133 e. The lowest BCUT2D eigenvalue weighted by Crippen LogP contribution is -2.31. The number of nitrogens with one attached hydrogen (secondary N) is 2. The number of hydrogen-bond donors (Lipinski definition) is 3. The molecule has 0 amide bonds. The summed E-state index contributed by atoms with van der Waals surface area (Å²) < 4.78 is 0. The van der Waals surface area contributed by atoms with E-state index in [0.717, 1.165) is 25.9 Å². The van der Waals surface area contributed by atoms with E-state index in [0.29, 0.717) is 13.1 Å². The van der Waals surface area contributed by atoms with Crippen LogP contribution in [0.1, 0.15) is 0 Å². The summed E-state index contributed by atoms with van der Waals surface area (Å²) in [5.41, 5.74) is 5.23. The molecule has 0 saturated carbocycles. The fraction of sp³-hybridized carbons (Fsp3) is 0.833. The van der Waals surface area contributed by atoms with Gasteiger partial charge >= 0.3 is 0 Å². The van der Waals surface area contributed by atoms with Crippen LogP contribution >= 0.6 is 0 Å². The van der Waals surface area contributed by atoms with E-state index in [-0.39, 0.29) is 0 Å². The highest BCUT2D eigenvalue weighted by atomic mass is 16.1. The summed E-state index contributed by atoms with van der Waals surface area (Å²) in [5.74, 6) is 0. The van der Waals surface area contributed by atoms with E-state index in [4.69, 9.17) is 5.73 Å². The number of carbonyl (C=O) groups is 1. The lowest BCUT2D eigenvalue weighted by molar-refractivity contribution is -0.107. The molecule has 0 spiro atoms. The van der Waals surface area contributed by atoms with Gasteiger partial charge in [0.25, 0.3) is 0 Å². The van der Waals surface area contributed by atoms with Crippen molar-refractivity contribution in [2.45, 2.75) is 0 Å². The number of rotatable bonds is 7. The molecular formula is C6H15N3O. The third kappa shape index (κ3) is 7.55. The van der Waals surface area contributed by atoms with Crippen molar-refractivity contribution in [2.24, 2.45) is 5.73 Å². The first kappa shape index (κ1) is 9.55. The summed E-state index contributed by atoms with van der Waals surface area (Å²) in [7, 11) is 0. The van der Waals surface area contributed by atoms with Gasteiger partial charge in [0.15, 0.2) is 0 Å². The number of carbonyl (C=O) groups excluding carboxylic acids is 1. The van der Waals surface area contributed by atoms with Crippen molar-refractivity contribution < 1.29 is 4.79 Å². The standard InChI is InChI=1S/C6H15N3O/c7-1-2-8-3-4-9-5-6-10/h6,8-9H,1-5,7H2. The van der Waals surface area contributed by atoms with Crippen LogP contribution in [0.25, 0.3) is 0 Å². The van der Waals surface area contributed by atoms with E-state index in [2.05, 4.69) is 10.6 Å². The number of nitrogens with two attached hydrogens (primary N) is 1. The molecule has 0 fully saturated rings. The summed E-state index contributed by atoms with van der Waals surface area (Å²) in [6, 6.07) is 0. The van der Waals surface area contributed by atoms with Crippen LogP contribution in [0.5, 0.6) is 0 Å². The largest absolute Gasteiger partial charge is 0.329 e. The molecule has 0 heterocycles. The summed E-state index contributed by atoms with van der Waals surface area (Å²) >= 11 is 0. The van der Waals surface area contributed by atoms with Gasteiger partial charge in [-0.3, -0.25) is 0 Å².